The average molecular weight is 375 g/mol. The lowest BCUT2D eigenvalue weighted by atomic mass is 9.46. The summed E-state index contributed by atoms with van der Waals surface area (Å²) in [5.74, 6) is 1.63. The fraction of sp³-hybridized carbons (Fsp3) is 0.571. The molecule has 0 aromatic heterocycles. The first kappa shape index (κ1) is 19.7. The summed E-state index contributed by atoms with van der Waals surface area (Å²) in [5, 5.41) is 0. The number of hydrogen-bond acceptors (Lipinski definition) is 0. The topological polar surface area (TPSA) is 0 Å². The molecule has 0 spiro atoms. The van der Waals surface area contributed by atoms with E-state index >= 15 is 0 Å². The van der Waals surface area contributed by atoms with Gasteiger partial charge in [0, 0.05) is 5.41 Å². The van der Waals surface area contributed by atoms with Crippen LogP contribution in [0.4, 0.5) is 0 Å². The zero-order valence-corrected chi connectivity index (χ0v) is 18.8. The molecular weight excluding hydrogens is 336 g/mol. The van der Waals surface area contributed by atoms with E-state index in [0.717, 1.165) is 11.8 Å². The Kier molecular flexibility index (Phi) is 4.76. The van der Waals surface area contributed by atoms with Crippen LogP contribution in [-0.2, 0) is 5.41 Å². The Bertz CT molecular complexity index is 774. The summed E-state index contributed by atoms with van der Waals surface area (Å²) in [6.45, 7) is 14.5. The molecule has 2 aliphatic rings. The van der Waals surface area contributed by atoms with E-state index in [1.165, 1.54) is 54.4 Å². The van der Waals surface area contributed by atoms with Crippen LogP contribution in [0.15, 0.2) is 48.5 Å². The van der Waals surface area contributed by atoms with Crippen LogP contribution >= 0.6 is 0 Å². The molecule has 0 radical (unpaired) electrons. The fourth-order valence-corrected chi connectivity index (χ4v) is 6.43. The number of benzene rings is 2. The summed E-state index contributed by atoms with van der Waals surface area (Å²) in [6.07, 6.45) is 6.66. The second kappa shape index (κ2) is 6.75. The third-order valence-corrected chi connectivity index (χ3v) is 8.57. The Balaban J connectivity index is 1.83. The van der Waals surface area contributed by atoms with E-state index in [9.17, 15) is 0 Å². The van der Waals surface area contributed by atoms with E-state index in [4.69, 9.17) is 0 Å². The maximum Gasteiger partial charge on any atom is 0.0206 e. The Labute approximate surface area is 172 Å². The van der Waals surface area contributed by atoms with Crippen molar-refractivity contribution in [1.82, 2.24) is 0 Å². The normalized spacial score (nSPS) is 27.8. The molecule has 0 N–H and O–H groups in total. The summed E-state index contributed by atoms with van der Waals surface area (Å²) in [4.78, 5) is 0. The van der Waals surface area contributed by atoms with Gasteiger partial charge >= 0.3 is 0 Å². The molecule has 2 unspecified atom stereocenters. The molecule has 2 saturated carbocycles. The first-order chi connectivity index (χ1) is 13.1. The standard InChI is InChI=1S/C28H38/c1-20-7-11-22(12-8-20)28(23-13-9-21(2)10-14-23)16-15-24-25(19-28)27(5,6)18-17-26(24,3)4/h7-14,24-25H,15-19H2,1-6H3. The molecule has 0 bridgehead atoms. The van der Waals surface area contributed by atoms with Crippen LogP contribution in [0, 0.1) is 36.5 Å². The Hall–Kier alpha value is -1.56. The fourth-order valence-electron chi connectivity index (χ4n) is 6.43. The average Bonchev–Trinajstić information content (AvgIpc) is 2.66. The van der Waals surface area contributed by atoms with Crippen molar-refractivity contribution in [3.63, 3.8) is 0 Å². The molecule has 0 aliphatic heterocycles. The van der Waals surface area contributed by atoms with Crippen LogP contribution in [0.1, 0.15) is 82.1 Å². The zero-order valence-electron chi connectivity index (χ0n) is 18.8. The van der Waals surface area contributed by atoms with Crippen LogP contribution < -0.4 is 0 Å². The summed E-state index contributed by atoms with van der Waals surface area (Å²) >= 11 is 0. The van der Waals surface area contributed by atoms with Gasteiger partial charge in [0.15, 0.2) is 0 Å². The molecular formula is C28H38. The van der Waals surface area contributed by atoms with Crippen molar-refractivity contribution in [2.45, 2.75) is 79.1 Å². The molecule has 0 heterocycles. The monoisotopic (exact) mass is 374 g/mol. The molecule has 28 heavy (non-hydrogen) atoms. The highest BCUT2D eigenvalue weighted by Crippen LogP contribution is 2.62. The van der Waals surface area contributed by atoms with Crippen molar-refractivity contribution in [3.8, 4) is 0 Å². The Morgan fingerprint density at radius 1 is 0.607 bits per heavy atom. The van der Waals surface area contributed by atoms with Crippen molar-refractivity contribution in [2.75, 3.05) is 0 Å². The van der Waals surface area contributed by atoms with E-state index in [2.05, 4.69) is 90.1 Å². The number of fused-ring (bicyclic) bond motifs is 1. The van der Waals surface area contributed by atoms with Gasteiger partial charge in [0.25, 0.3) is 0 Å². The third kappa shape index (κ3) is 3.23. The van der Waals surface area contributed by atoms with Crippen molar-refractivity contribution in [1.29, 1.82) is 0 Å². The number of hydrogen-bond donors (Lipinski definition) is 0. The van der Waals surface area contributed by atoms with E-state index in [0.29, 0.717) is 10.8 Å². The maximum absolute atomic E-state index is 2.54. The van der Waals surface area contributed by atoms with Gasteiger partial charge < -0.3 is 0 Å². The van der Waals surface area contributed by atoms with Gasteiger partial charge in [-0.1, -0.05) is 87.4 Å². The molecule has 0 saturated heterocycles. The summed E-state index contributed by atoms with van der Waals surface area (Å²) in [5.41, 5.74) is 6.84. The summed E-state index contributed by atoms with van der Waals surface area (Å²) < 4.78 is 0. The van der Waals surface area contributed by atoms with Crippen LogP contribution in [0.3, 0.4) is 0 Å². The van der Waals surface area contributed by atoms with Crippen LogP contribution in [-0.4, -0.2) is 0 Å². The SMILES string of the molecule is Cc1ccc(C2(c3ccc(C)cc3)CCC3C(C2)C(C)(C)CCC3(C)C)cc1. The molecule has 2 aromatic rings. The molecule has 2 fully saturated rings. The molecule has 0 amide bonds. The van der Waals surface area contributed by atoms with Crippen molar-refractivity contribution in [3.05, 3.63) is 70.8 Å². The molecule has 2 atom stereocenters. The minimum absolute atomic E-state index is 0.160. The minimum Gasteiger partial charge on any atom is -0.0596 e. The molecule has 0 nitrogen and oxygen atoms in total. The number of aryl methyl sites for hydroxylation is 2. The van der Waals surface area contributed by atoms with Gasteiger partial charge in [-0.2, -0.15) is 0 Å². The number of rotatable bonds is 2. The van der Waals surface area contributed by atoms with Crippen molar-refractivity contribution >= 4 is 0 Å². The van der Waals surface area contributed by atoms with E-state index in [1.807, 2.05) is 0 Å². The molecule has 2 aliphatic carbocycles. The third-order valence-electron chi connectivity index (χ3n) is 8.57. The van der Waals surface area contributed by atoms with Crippen molar-refractivity contribution in [2.24, 2.45) is 22.7 Å². The maximum atomic E-state index is 2.54. The highest BCUT2D eigenvalue weighted by molar-refractivity contribution is 5.42. The summed E-state index contributed by atoms with van der Waals surface area (Å²) in [6, 6.07) is 18.9. The van der Waals surface area contributed by atoms with Gasteiger partial charge in [-0.05, 0) is 79.7 Å². The smallest absolute Gasteiger partial charge is 0.0206 e. The van der Waals surface area contributed by atoms with Gasteiger partial charge in [-0.15, -0.1) is 0 Å². The highest BCUT2D eigenvalue weighted by Gasteiger charge is 2.54. The van der Waals surface area contributed by atoms with Gasteiger partial charge in [0.2, 0.25) is 0 Å². The molecule has 0 heteroatoms. The highest BCUT2D eigenvalue weighted by atomic mass is 14.6. The van der Waals surface area contributed by atoms with Gasteiger partial charge in [0.05, 0.1) is 0 Å². The lowest BCUT2D eigenvalue weighted by Gasteiger charge is -2.59. The quantitative estimate of drug-likeness (QED) is 0.502. The lowest BCUT2D eigenvalue weighted by Crippen LogP contribution is -2.51. The molecule has 4 rings (SSSR count). The van der Waals surface area contributed by atoms with Crippen LogP contribution in [0.2, 0.25) is 0 Å². The van der Waals surface area contributed by atoms with Crippen LogP contribution in [0.5, 0.6) is 0 Å². The van der Waals surface area contributed by atoms with Gasteiger partial charge in [-0.25, -0.2) is 0 Å². The molecule has 150 valence electrons. The largest absolute Gasteiger partial charge is 0.0596 e. The Morgan fingerprint density at radius 2 is 1.04 bits per heavy atom. The second-order valence-electron chi connectivity index (χ2n) is 11.2. The second-order valence-corrected chi connectivity index (χ2v) is 11.2. The Morgan fingerprint density at radius 3 is 1.50 bits per heavy atom. The van der Waals surface area contributed by atoms with E-state index in [-0.39, 0.29) is 5.41 Å². The van der Waals surface area contributed by atoms with Gasteiger partial charge in [-0.3, -0.25) is 0 Å². The first-order valence-electron chi connectivity index (χ1n) is 11.3. The first-order valence-corrected chi connectivity index (χ1v) is 11.3. The van der Waals surface area contributed by atoms with Crippen molar-refractivity contribution < 1.29 is 0 Å². The predicted molar refractivity (Wildman–Crippen MR) is 121 cm³/mol. The minimum atomic E-state index is 0.160. The lowest BCUT2D eigenvalue weighted by molar-refractivity contribution is -0.0602. The van der Waals surface area contributed by atoms with Crippen LogP contribution in [0.25, 0.3) is 0 Å². The van der Waals surface area contributed by atoms with Gasteiger partial charge in [0.1, 0.15) is 0 Å². The summed E-state index contributed by atoms with van der Waals surface area (Å²) in [7, 11) is 0. The molecule has 2 aromatic carbocycles. The predicted octanol–water partition coefficient (Wildman–Crippen LogP) is 7.85. The van der Waals surface area contributed by atoms with E-state index in [1.54, 1.807) is 0 Å². The van der Waals surface area contributed by atoms with E-state index < -0.39 is 0 Å². The zero-order chi connectivity index (χ0) is 20.2.